The fourth-order valence-electron chi connectivity index (χ4n) is 4.48. The number of amides is 1. The lowest BCUT2D eigenvalue weighted by Gasteiger charge is -2.33. The number of hydrogen-bond acceptors (Lipinski definition) is 3. The van der Waals surface area contributed by atoms with Gasteiger partial charge in [0.1, 0.15) is 0 Å². The van der Waals surface area contributed by atoms with Crippen molar-refractivity contribution in [1.82, 2.24) is 9.62 Å². The van der Waals surface area contributed by atoms with Crippen molar-refractivity contribution >= 4 is 15.9 Å². The molecule has 154 valence electrons. The number of carbonyl (C=O) groups excluding carboxylic acids is 1. The molecule has 1 aliphatic heterocycles. The second kappa shape index (κ2) is 8.67. The molecule has 2 aromatic rings. The van der Waals surface area contributed by atoms with E-state index in [0.29, 0.717) is 13.0 Å². The van der Waals surface area contributed by atoms with E-state index in [0.717, 1.165) is 31.2 Å². The summed E-state index contributed by atoms with van der Waals surface area (Å²) in [6.07, 6.45) is 4.50. The maximum atomic E-state index is 13.0. The topological polar surface area (TPSA) is 66.5 Å². The molecule has 2 aliphatic rings. The normalized spacial score (nSPS) is 22.6. The van der Waals surface area contributed by atoms with Gasteiger partial charge in [-0.3, -0.25) is 4.79 Å². The number of nitrogens with zero attached hydrogens (tertiary/aromatic N) is 1. The fraction of sp³-hybridized carbons (Fsp3) is 0.435. The first kappa shape index (κ1) is 20.1. The van der Waals surface area contributed by atoms with Crippen LogP contribution in [0.4, 0.5) is 0 Å². The predicted molar refractivity (Wildman–Crippen MR) is 114 cm³/mol. The number of sulfonamides is 1. The van der Waals surface area contributed by atoms with E-state index < -0.39 is 10.0 Å². The van der Waals surface area contributed by atoms with E-state index in [2.05, 4.69) is 17.4 Å². The smallest absolute Gasteiger partial charge is 0.224 e. The van der Waals surface area contributed by atoms with Gasteiger partial charge in [0.2, 0.25) is 15.9 Å². The highest BCUT2D eigenvalue weighted by molar-refractivity contribution is 7.88. The second-order valence-corrected chi connectivity index (χ2v) is 10.1. The molecule has 5 nitrogen and oxygen atoms in total. The molecule has 29 heavy (non-hydrogen) atoms. The average molecular weight is 413 g/mol. The lowest BCUT2D eigenvalue weighted by Crippen LogP contribution is -2.46. The Hall–Kier alpha value is -2.18. The molecule has 1 amide bonds. The average Bonchev–Trinajstić information content (AvgIpc) is 2.74. The first-order valence-electron chi connectivity index (χ1n) is 10.4. The van der Waals surface area contributed by atoms with E-state index >= 15 is 0 Å². The van der Waals surface area contributed by atoms with Gasteiger partial charge < -0.3 is 5.32 Å². The third-order valence-corrected chi connectivity index (χ3v) is 7.84. The zero-order valence-electron chi connectivity index (χ0n) is 16.6. The summed E-state index contributed by atoms with van der Waals surface area (Å²) in [5.74, 6) is -0.326. The molecule has 0 bridgehead atoms. The molecule has 0 radical (unpaired) electrons. The Bertz CT molecular complexity index is 959. The molecule has 1 aliphatic carbocycles. The number of hydrogen-bond donors (Lipinski definition) is 1. The molecule has 1 N–H and O–H groups in total. The van der Waals surface area contributed by atoms with Gasteiger partial charge in [-0.15, -0.1) is 0 Å². The molecule has 0 unspecified atom stereocenters. The van der Waals surface area contributed by atoms with Crippen LogP contribution < -0.4 is 5.32 Å². The molecule has 2 atom stereocenters. The van der Waals surface area contributed by atoms with E-state index in [4.69, 9.17) is 0 Å². The lowest BCUT2D eigenvalue weighted by atomic mass is 9.87. The van der Waals surface area contributed by atoms with Gasteiger partial charge in [-0.2, -0.15) is 0 Å². The third-order valence-electron chi connectivity index (χ3n) is 6.03. The number of fused-ring (bicyclic) bond motifs is 1. The van der Waals surface area contributed by atoms with Crippen LogP contribution in [0.5, 0.6) is 0 Å². The van der Waals surface area contributed by atoms with Crippen molar-refractivity contribution < 1.29 is 13.2 Å². The summed E-state index contributed by atoms with van der Waals surface area (Å²) in [6, 6.07) is 17.5. The van der Waals surface area contributed by atoms with Crippen LogP contribution in [0.15, 0.2) is 54.6 Å². The van der Waals surface area contributed by atoms with Crippen LogP contribution in [0, 0.1) is 5.92 Å². The van der Waals surface area contributed by atoms with Gasteiger partial charge in [-0.1, -0.05) is 54.6 Å². The summed E-state index contributed by atoms with van der Waals surface area (Å²) in [7, 11) is -3.43. The molecule has 1 saturated heterocycles. The maximum Gasteiger partial charge on any atom is 0.224 e. The molecular weight excluding hydrogens is 384 g/mol. The minimum absolute atomic E-state index is 0.0157. The van der Waals surface area contributed by atoms with Crippen LogP contribution in [0.25, 0.3) is 0 Å². The molecule has 1 heterocycles. The van der Waals surface area contributed by atoms with Gasteiger partial charge in [0.25, 0.3) is 0 Å². The van der Waals surface area contributed by atoms with Crippen molar-refractivity contribution in [3.05, 3.63) is 71.3 Å². The highest BCUT2D eigenvalue weighted by Crippen LogP contribution is 2.30. The molecule has 4 rings (SSSR count). The zero-order chi connectivity index (χ0) is 20.3. The summed E-state index contributed by atoms with van der Waals surface area (Å²) >= 11 is 0. The Labute approximate surface area is 173 Å². The summed E-state index contributed by atoms with van der Waals surface area (Å²) in [5.41, 5.74) is 3.29. The first-order valence-corrected chi connectivity index (χ1v) is 12.0. The van der Waals surface area contributed by atoms with Crippen molar-refractivity contribution in [3.8, 4) is 0 Å². The maximum absolute atomic E-state index is 13.0. The Kier molecular flexibility index (Phi) is 6.01. The van der Waals surface area contributed by atoms with E-state index in [9.17, 15) is 13.2 Å². The van der Waals surface area contributed by atoms with Gasteiger partial charge in [-0.05, 0) is 48.8 Å². The van der Waals surface area contributed by atoms with Crippen LogP contribution in [0.3, 0.4) is 0 Å². The Morgan fingerprint density at radius 2 is 1.76 bits per heavy atom. The molecular formula is C23H28N2O3S. The highest BCUT2D eigenvalue weighted by Gasteiger charge is 2.33. The van der Waals surface area contributed by atoms with E-state index in [-0.39, 0.29) is 30.2 Å². The van der Waals surface area contributed by atoms with E-state index in [1.165, 1.54) is 15.4 Å². The van der Waals surface area contributed by atoms with Crippen LogP contribution in [0.2, 0.25) is 0 Å². The minimum atomic E-state index is -3.43. The van der Waals surface area contributed by atoms with Crippen LogP contribution in [0.1, 0.15) is 48.4 Å². The molecule has 0 saturated carbocycles. The van der Waals surface area contributed by atoms with E-state index in [1.54, 1.807) is 0 Å². The number of piperidine rings is 1. The number of benzene rings is 2. The standard InChI is InChI=1S/C23H28N2O3S/c26-23(24-22-14-6-11-19-10-4-5-13-21(19)22)20-12-7-15-25(16-20)29(27,28)17-18-8-2-1-3-9-18/h1-5,8-10,13,20,22H,6-7,11-12,14-17H2,(H,24,26)/t20-,22+/m1/s1. The van der Waals surface area contributed by atoms with Crippen molar-refractivity contribution in [2.45, 2.75) is 43.9 Å². The Morgan fingerprint density at radius 3 is 2.59 bits per heavy atom. The van der Waals surface area contributed by atoms with E-state index in [1.807, 2.05) is 42.5 Å². The van der Waals surface area contributed by atoms with Gasteiger partial charge >= 0.3 is 0 Å². The lowest BCUT2D eigenvalue weighted by molar-refractivity contribution is -0.127. The highest BCUT2D eigenvalue weighted by atomic mass is 32.2. The first-order chi connectivity index (χ1) is 14.0. The quantitative estimate of drug-likeness (QED) is 0.818. The summed E-state index contributed by atoms with van der Waals surface area (Å²) in [5, 5.41) is 3.21. The summed E-state index contributed by atoms with van der Waals surface area (Å²) < 4.78 is 27.2. The Balaban J connectivity index is 1.41. The molecule has 0 spiro atoms. The third kappa shape index (κ3) is 4.70. The van der Waals surface area contributed by atoms with Crippen molar-refractivity contribution in [1.29, 1.82) is 0 Å². The Morgan fingerprint density at radius 1 is 1.00 bits per heavy atom. The van der Waals surface area contributed by atoms with Gasteiger partial charge in [0, 0.05) is 13.1 Å². The van der Waals surface area contributed by atoms with Gasteiger partial charge in [0.05, 0.1) is 17.7 Å². The number of carbonyl (C=O) groups is 1. The van der Waals surface area contributed by atoms with Crippen LogP contribution >= 0.6 is 0 Å². The number of rotatable bonds is 5. The molecule has 2 aromatic carbocycles. The van der Waals surface area contributed by atoms with Crippen LogP contribution in [-0.4, -0.2) is 31.7 Å². The fourth-order valence-corrected chi connectivity index (χ4v) is 6.09. The SMILES string of the molecule is O=C(N[C@H]1CCCc2ccccc21)[C@@H]1CCCN(S(=O)(=O)Cc2ccccc2)C1. The zero-order valence-corrected chi connectivity index (χ0v) is 17.4. The number of aryl methyl sites for hydroxylation is 1. The molecule has 6 heteroatoms. The molecule has 0 aromatic heterocycles. The number of nitrogens with one attached hydrogen (secondary N) is 1. The minimum Gasteiger partial charge on any atom is -0.349 e. The molecule has 1 fully saturated rings. The van der Waals surface area contributed by atoms with Gasteiger partial charge in [-0.25, -0.2) is 12.7 Å². The predicted octanol–water partition coefficient (Wildman–Crippen LogP) is 3.42. The summed E-state index contributed by atoms with van der Waals surface area (Å²) in [6.45, 7) is 0.764. The van der Waals surface area contributed by atoms with Crippen LogP contribution in [-0.2, 0) is 27.0 Å². The van der Waals surface area contributed by atoms with Crippen molar-refractivity contribution in [2.24, 2.45) is 5.92 Å². The monoisotopic (exact) mass is 412 g/mol. The van der Waals surface area contributed by atoms with Crippen molar-refractivity contribution in [2.75, 3.05) is 13.1 Å². The second-order valence-electron chi connectivity index (χ2n) is 8.09. The van der Waals surface area contributed by atoms with Gasteiger partial charge in [0.15, 0.2) is 0 Å². The summed E-state index contributed by atoms with van der Waals surface area (Å²) in [4.78, 5) is 13.0. The van der Waals surface area contributed by atoms with Crippen molar-refractivity contribution in [3.63, 3.8) is 0 Å². The largest absolute Gasteiger partial charge is 0.349 e.